The molecule has 4 nitrogen and oxygen atoms in total. The molecule has 1 N–H and O–H groups in total. The van der Waals surface area contributed by atoms with Crippen molar-refractivity contribution >= 4 is 5.91 Å². The molecule has 3 aromatic rings. The number of nitrogens with one attached hydrogen (secondary N) is 1. The van der Waals surface area contributed by atoms with E-state index in [1.165, 1.54) is 28.9 Å². The summed E-state index contributed by atoms with van der Waals surface area (Å²) in [4.78, 5) is 12.6. The maximum Gasteiger partial charge on any atom is 0.251 e. The van der Waals surface area contributed by atoms with E-state index >= 15 is 0 Å². The first kappa shape index (κ1) is 20.1. The average Bonchev–Trinajstić information content (AvgIpc) is 3.46. The van der Waals surface area contributed by atoms with Gasteiger partial charge >= 0.3 is 0 Å². The fourth-order valence-corrected chi connectivity index (χ4v) is 4.90. The molecule has 2 atom stereocenters. The zero-order valence-corrected chi connectivity index (χ0v) is 18.1. The third-order valence-corrected chi connectivity index (χ3v) is 6.61. The van der Waals surface area contributed by atoms with Gasteiger partial charge in [-0.3, -0.25) is 4.79 Å². The van der Waals surface area contributed by atoms with Crippen LogP contribution in [-0.2, 0) is 17.6 Å². The second kappa shape index (κ2) is 8.72. The lowest BCUT2D eigenvalue weighted by atomic mass is 9.89. The number of fused-ring (bicyclic) bond motifs is 1. The molecular formula is C27H30N2O2. The predicted molar refractivity (Wildman–Crippen MR) is 124 cm³/mol. The molecule has 1 fully saturated rings. The predicted octanol–water partition coefficient (Wildman–Crippen LogP) is 5.18. The number of ether oxygens (including phenoxy) is 1. The van der Waals surface area contributed by atoms with Gasteiger partial charge in [0.2, 0.25) is 0 Å². The minimum absolute atomic E-state index is 0.0336. The van der Waals surface area contributed by atoms with Crippen LogP contribution in [0.25, 0.3) is 16.9 Å². The van der Waals surface area contributed by atoms with Crippen molar-refractivity contribution in [2.45, 2.75) is 45.1 Å². The summed E-state index contributed by atoms with van der Waals surface area (Å²) < 4.78 is 8.00. The number of carbonyl (C=O) groups is 1. The van der Waals surface area contributed by atoms with E-state index in [1.807, 2.05) is 12.1 Å². The Morgan fingerprint density at radius 3 is 2.65 bits per heavy atom. The number of nitrogens with zero attached hydrogens (tertiary/aromatic N) is 1. The van der Waals surface area contributed by atoms with Crippen LogP contribution in [0, 0.1) is 5.92 Å². The van der Waals surface area contributed by atoms with Crippen molar-refractivity contribution in [3.8, 4) is 16.9 Å². The van der Waals surface area contributed by atoms with Crippen molar-refractivity contribution in [3.05, 3.63) is 77.5 Å². The first-order chi connectivity index (χ1) is 15.2. The molecule has 2 aromatic carbocycles. The molecule has 1 aliphatic heterocycles. The van der Waals surface area contributed by atoms with Gasteiger partial charge in [-0.05, 0) is 79.5 Å². The molecular weight excluding hydrogens is 384 g/mol. The van der Waals surface area contributed by atoms with E-state index < -0.39 is 0 Å². The molecule has 0 saturated carbocycles. The molecule has 5 rings (SSSR count). The average molecular weight is 415 g/mol. The van der Waals surface area contributed by atoms with Gasteiger partial charge in [0.1, 0.15) is 0 Å². The highest BCUT2D eigenvalue weighted by Crippen LogP contribution is 2.35. The Morgan fingerprint density at radius 1 is 1.10 bits per heavy atom. The van der Waals surface area contributed by atoms with Crippen LogP contribution in [0.4, 0.5) is 0 Å². The van der Waals surface area contributed by atoms with Crippen LogP contribution in [0.3, 0.4) is 0 Å². The molecule has 0 spiro atoms. The maximum absolute atomic E-state index is 12.6. The van der Waals surface area contributed by atoms with Crippen molar-refractivity contribution in [3.63, 3.8) is 0 Å². The molecule has 0 radical (unpaired) electrons. The number of hydrogen-bond acceptors (Lipinski definition) is 2. The Bertz CT molecular complexity index is 1050. The molecule has 160 valence electrons. The molecule has 2 heterocycles. The monoisotopic (exact) mass is 414 g/mol. The van der Waals surface area contributed by atoms with Crippen molar-refractivity contribution in [2.24, 2.45) is 5.92 Å². The molecule has 1 saturated heterocycles. The summed E-state index contributed by atoms with van der Waals surface area (Å²) in [5, 5.41) is 3.02. The van der Waals surface area contributed by atoms with Gasteiger partial charge < -0.3 is 14.6 Å². The Balaban J connectivity index is 1.43. The normalized spacial score (nSPS) is 20.4. The van der Waals surface area contributed by atoms with Crippen LogP contribution in [0.1, 0.15) is 47.8 Å². The lowest BCUT2D eigenvalue weighted by Gasteiger charge is -2.21. The second-order valence-corrected chi connectivity index (χ2v) is 8.94. The zero-order chi connectivity index (χ0) is 21.2. The first-order valence-corrected chi connectivity index (χ1v) is 11.5. The Hall–Kier alpha value is -2.85. The minimum Gasteiger partial charge on any atom is -0.376 e. The highest BCUT2D eigenvalue weighted by molar-refractivity contribution is 5.94. The van der Waals surface area contributed by atoms with Crippen LogP contribution >= 0.6 is 0 Å². The van der Waals surface area contributed by atoms with E-state index in [2.05, 4.69) is 65.3 Å². The van der Waals surface area contributed by atoms with E-state index in [0.29, 0.717) is 12.1 Å². The summed E-state index contributed by atoms with van der Waals surface area (Å²) in [6.07, 6.45) is 5.71. The van der Waals surface area contributed by atoms with E-state index in [4.69, 9.17) is 4.74 Å². The van der Waals surface area contributed by atoms with Crippen molar-refractivity contribution in [1.29, 1.82) is 0 Å². The zero-order valence-electron chi connectivity index (χ0n) is 18.1. The molecule has 0 unspecified atom stereocenters. The number of hydrogen-bond donors (Lipinski definition) is 1. The van der Waals surface area contributed by atoms with Gasteiger partial charge in [0.15, 0.2) is 0 Å². The van der Waals surface area contributed by atoms with Gasteiger partial charge in [0, 0.05) is 30.1 Å². The maximum atomic E-state index is 12.6. The fourth-order valence-electron chi connectivity index (χ4n) is 4.90. The second-order valence-electron chi connectivity index (χ2n) is 8.94. The van der Waals surface area contributed by atoms with Gasteiger partial charge in [0.25, 0.3) is 5.91 Å². The molecule has 0 bridgehead atoms. The van der Waals surface area contributed by atoms with E-state index in [9.17, 15) is 4.79 Å². The van der Waals surface area contributed by atoms with Crippen LogP contribution in [0.5, 0.6) is 0 Å². The summed E-state index contributed by atoms with van der Waals surface area (Å²) in [5.41, 5.74) is 7.13. The Labute approximate surface area is 184 Å². The SMILES string of the molecule is C[C@@H]1CCc2c(cc(-c3ccccc3)n2-c2ccc(C(=O)NC[C@@H]3CCCO3)cc2)C1. The smallest absolute Gasteiger partial charge is 0.251 e. The summed E-state index contributed by atoms with van der Waals surface area (Å²) in [5.74, 6) is 0.690. The van der Waals surface area contributed by atoms with Crippen LogP contribution in [-0.4, -0.2) is 29.7 Å². The third-order valence-electron chi connectivity index (χ3n) is 6.61. The minimum atomic E-state index is -0.0336. The number of aromatic nitrogens is 1. The number of amides is 1. The number of benzene rings is 2. The summed E-state index contributed by atoms with van der Waals surface area (Å²) >= 11 is 0. The molecule has 1 aliphatic carbocycles. The van der Waals surface area contributed by atoms with E-state index in [-0.39, 0.29) is 12.0 Å². The fraction of sp³-hybridized carbons (Fsp3) is 0.370. The van der Waals surface area contributed by atoms with Crippen molar-refractivity contribution < 1.29 is 9.53 Å². The Morgan fingerprint density at radius 2 is 1.90 bits per heavy atom. The molecule has 1 amide bonds. The van der Waals surface area contributed by atoms with Crippen LogP contribution in [0.15, 0.2) is 60.7 Å². The van der Waals surface area contributed by atoms with Gasteiger partial charge in [-0.1, -0.05) is 37.3 Å². The lowest BCUT2D eigenvalue weighted by molar-refractivity contribution is 0.0858. The van der Waals surface area contributed by atoms with E-state index in [0.717, 1.165) is 43.9 Å². The summed E-state index contributed by atoms with van der Waals surface area (Å²) in [6, 6.07) is 21.0. The van der Waals surface area contributed by atoms with Crippen molar-refractivity contribution in [2.75, 3.05) is 13.2 Å². The summed E-state index contributed by atoms with van der Waals surface area (Å²) in [6.45, 7) is 3.73. The molecule has 1 aromatic heterocycles. The Kier molecular flexibility index (Phi) is 5.65. The van der Waals surface area contributed by atoms with Gasteiger partial charge in [-0.2, -0.15) is 0 Å². The standard InChI is InChI=1S/C27H30N2O2/c1-19-9-14-25-22(16-19)17-26(20-6-3-2-4-7-20)29(25)23-12-10-21(11-13-23)27(30)28-18-24-8-5-15-31-24/h2-4,6-7,10-13,17,19,24H,5,8-9,14-16,18H2,1H3,(H,28,30)/t19-,24+/m1/s1. The van der Waals surface area contributed by atoms with Crippen LogP contribution < -0.4 is 5.32 Å². The van der Waals surface area contributed by atoms with Gasteiger partial charge in [-0.15, -0.1) is 0 Å². The molecule has 31 heavy (non-hydrogen) atoms. The topological polar surface area (TPSA) is 43.3 Å². The van der Waals surface area contributed by atoms with E-state index in [1.54, 1.807) is 0 Å². The molecule has 2 aliphatic rings. The lowest BCUT2D eigenvalue weighted by Crippen LogP contribution is -2.31. The van der Waals surface area contributed by atoms with Gasteiger partial charge in [-0.25, -0.2) is 0 Å². The highest BCUT2D eigenvalue weighted by atomic mass is 16.5. The number of carbonyl (C=O) groups excluding carboxylic acids is 1. The third kappa shape index (κ3) is 4.17. The number of rotatable bonds is 5. The first-order valence-electron chi connectivity index (χ1n) is 11.5. The molecule has 4 heteroatoms. The largest absolute Gasteiger partial charge is 0.376 e. The highest BCUT2D eigenvalue weighted by Gasteiger charge is 2.23. The van der Waals surface area contributed by atoms with Gasteiger partial charge in [0.05, 0.1) is 11.8 Å². The van der Waals surface area contributed by atoms with Crippen LogP contribution in [0.2, 0.25) is 0 Å². The quantitative estimate of drug-likeness (QED) is 0.625. The summed E-state index contributed by atoms with van der Waals surface area (Å²) in [7, 11) is 0. The van der Waals surface area contributed by atoms with Crippen molar-refractivity contribution in [1.82, 2.24) is 9.88 Å².